The third kappa shape index (κ3) is 3.82. The van der Waals surface area contributed by atoms with Gasteiger partial charge in [0.05, 0.1) is 19.1 Å². The first-order valence-corrected chi connectivity index (χ1v) is 6.36. The van der Waals surface area contributed by atoms with Crippen molar-refractivity contribution < 1.29 is 28.6 Å². The zero-order valence-electron chi connectivity index (χ0n) is 11.7. The van der Waals surface area contributed by atoms with Gasteiger partial charge in [0.1, 0.15) is 17.3 Å². The van der Waals surface area contributed by atoms with Gasteiger partial charge < -0.3 is 14.6 Å². The molecule has 5 nitrogen and oxygen atoms in total. The van der Waals surface area contributed by atoms with Gasteiger partial charge in [0.2, 0.25) is 0 Å². The highest BCUT2D eigenvalue weighted by atomic mass is 19.1. The van der Waals surface area contributed by atoms with E-state index in [2.05, 4.69) is 4.74 Å². The fourth-order valence-electron chi connectivity index (χ4n) is 1.75. The molecule has 22 heavy (non-hydrogen) atoms. The van der Waals surface area contributed by atoms with Crippen LogP contribution in [0, 0.1) is 5.82 Å². The second kappa shape index (κ2) is 6.71. The first-order valence-electron chi connectivity index (χ1n) is 6.36. The summed E-state index contributed by atoms with van der Waals surface area (Å²) in [5.74, 6) is -1.61. The molecule has 0 bridgehead atoms. The van der Waals surface area contributed by atoms with E-state index in [1.165, 1.54) is 37.4 Å². The minimum Gasteiger partial charge on any atom is -0.508 e. The molecule has 0 heterocycles. The molecule has 0 fully saturated rings. The lowest BCUT2D eigenvalue weighted by atomic mass is 10.1. The van der Waals surface area contributed by atoms with Crippen LogP contribution in [0.25, 0.3) is 0 Å². The molecule has 0 aliphatic rings. The van der Waals surface area contributed by atoms with Crippen molar-refractivity contribution >= 4 is 11.9 Å². The number of ether oxygens (including phenoxy) is 2. The van der Waals surface area contributed by atoms with Crippen LogP contribution in [0.5, 0.6) is 11.5 Å². The first-order chi connectivity index (χ1) is 10.5. The predicted octanol–water partition coefficient (Wildman–Crippen LogP) is 2.47. The largest absolute Gasteiger partial charge is 0.508 e. The van der Waals surface area contributed by atoms with E-state index in [0.29, 0.717) is 0 Å². The SMILES string of the molecule is COC(=O)Cc1cc(OC(=O)c2ccc(F)cc2)ccc1O. The second-order valence-corrected chi connectivity index (χ2v) is 4.44. The quantitative estimate of drug-likeness (QED) is 0.694. The molecule has 114 valence electrons. The van der Waals surface area contributed by atoms with Gasteiger partial charge in [-0.1, -0.05) is 0 Å². The maximum atomic E-state index is 12.8. The number of esters is 2. The number of phenolic OH excluding ortho intramolecular Hbond substituents is 1. The Balaban J connectivity index is 2.15. The normalized spacial score (nSPS) is 10.1. The number of rotatable bonds is 4. The van der Waals surface area contributed by atoms with Gasteiger partial charge in [0, 0.05) is 5.56 Å². The Bertz CT molecular complexity index is 694. The summed E-state index contributed by atoms with van der Waals surface area (Å²) in [4.78, 5) is 23.1. The van der Waals surface area contributed by atoms with Gasteiger partial charge in [0.25, 0.3) is 0 Å². The number of aromatic hydroxyl groups is 1. The maximum absolute atomic E-state index is 12.8. The van der Waals surface area contributed by atoms with Crippen molar-refractivity contribution in [2.24, 2.45) is 0 Å². The van der Waals surface area contributed by atoms with Crippen LogP contribution in [-0.4, -0.2) is 24.2 Å². The molecule has 0 saturated carbocycles. The zero-order valence-corrected chi connectivity index (χ0v) is 11.7. The monoisotopic (exact) mass is 304 g/mol. The summed E-state index contributed by atoms with van der Waals surface area (Å²) in [6.07, 6.45) is -0.149. The molecule has 2 aromatic rings. The fourth-order valence-corrected chi connectivity index (χ4v) is 1.75. The van der Waals surface area contributed by atoms with Gasteiger partial charge in [-0.15, -0.1) is 0 Å². The lowest BCUT2D eigenvalue weighted by molar-refractivity contribution is -0.139. The van der Waals surface area contributed by atoms with Gasteiger partial charge in [-0.2, -0.15) is 0 Å². The zero-order chi connectivity index (χ0) is 16.1. The van der Waals surface area contributed by atoms with Crippen LogP contribution >= 0.6 is 0 Å². The van der Waals surface area contributed by atoms with Crippen molar-refractivity contribution in [1.29, 1.82) is 0 Å². The fraction of sp³-hybridized carbons (Fsp3) is 0.125. The first kappa shape index (κ1) is 15.5. The Hall–Kier alpha value is -2.89. The number of carbonyl (C=O) groups is 2. The summed E-state index contributed by atoms with van der Waals surface area (Å²) < 4.78 is 22.4. The van der Waals surface area contributed by atoms with E-state index in [-0.39, 0.29) is 29.0 Å². The lowest BCUT2D eigenvalue weighted by Crippen LogP contribution is -2.09. The van der Waals surface area contributed by atoms with Gasteiger partial charge in [-0.3, -0.25) is 4.79 Å². The molecule has 0 saturated heterocycles. The van der Waals surface area contributed by atoms with E-state index >= 15 is 0 Å². The molecule has 0 amide bonds. The summed E-state index contributed by atoms with van der Waals surface area (Å²) in [5.41, 5.74) is 0.459. The third-order valence-corrected chi connectivity index (χ3v) is 2.90. The van der Waals surface area contributed by atoms with Crippen molar-refractivity contribution in [3.05, 3.63) is 59.4 Å². The van der Waals surface area contributed by atoms with E-state index in [1.807, 2.05) is 0 Å². The molecule has 2 rings (SSSR count). The highest BCUT2D eigenvalue weighted by Gasteiger charge is 2.13. The summed E-state index contributed by atoms with van der Waals surface area (Å²) in [6, 6.07) is 8.96. The summed E-state index contributed by atoms with van der Waals surface area (Å²) in [7, 11) is 1.23. The summed E-state index contributed by atoms with van der Waals surface area (Å²) >= 11 is 0. The molecule has 0 unspecified atom stereocenters. The Morgan fingerprint density at radius 3 is 2.45 bits per heavy atom. The standard InChI is InChI=1S/C16H13FO5/c1-21-15(19)9-11-8-13(6-7-14(11)18)22-16(20)10-2-4-12(17)5-3-10/h2-8,18H,9H2,1H3. The number of halogens is 1. The van der Waals surface area contributed by atoms with Crippen molar-refractivity contribution in [3.8, 4) is 11.5 Å². The molecule has 1 N–H and O–H groups in total. The van der Waals surface area contributed by atoms with Crippen molar-refractivity contribution in [2.45, 2.75) is 6.42 Å². The number of hydrogen-bond acceptors (Lipinski definition) is 5. The number of hydrogen-bond donors (Lipinski definition) is 1. The number of benzene rings is 2. The molecule has 2 aromatic carbocycles. The smallest absolute Gasteiger partial charge is 0.343 e. The van der Waals surface area contributed by atoms with E-state index in [1.54, 1.807) is 0 Å². The molecule has 0 radical (unpaired) electrons. The Morgan fingerprint density at radius 2 is 1.82 bits per heavy atom. The molecule has 0 aliphatic heterocycles. The van der Waals surface area contributed by atoms with Crippen LogP contribution in [0.15, 0.2) is 42.5 Å². The van der Waals surface area contributed by atoms with Crippen LogP contribution in [-0.2, 0) is 16.0 Å². The van der Waals surface area contributed by atoms with Gasteiger partial charge >= 0.3 is 11.9 Å². The average Bonchev–Trinajstić information content (AvgIpc) is 2.51. The molecule has 0 aliphatic carbocycles. The van der Waals surface area contributed by atoms with Crippen LogP contribution < -0.4 is 4.74 Å². The number of methoxy groups -OCH3 is 1. The van der Waals surface area contributed by atoms with Gasteiger partial charge in [-0.05, 0) is 42.5 Å². The predicted molar refractivity (Wildman–Crippen MR) is 75.2 cm³/mol. The molecular formula is C16H13FO5. The topological polar surface area (TPSA) is 72.8 Å². The highest BCUT2D eigenvalue weighted by molar-refractivity contribution is 5.91. The molecular weight excluding hydrogens is 291 g/mol. The van der Waals surface area contributed by atoms with Crippen molar-refractivity contribution in [2.75, 3.05) is 7.11 Å². The van der Waals surface area contributed by atoms with Gasteiger partial charge in [-0.25, -0.2) is 9.18 Å². The minimum absolute atomic E-state index is 0.105. The van der Waals surface area contributed by atoms with Gasteiger partial charge in [0.15, 0.2) is 0 Å². The van der Waals surface area contributed by atoms with E-state index < -0.39 is 17.8 Å². The van der Waals surface area contributed by atoms with E-state index in [4.69, 9.17) is 4.74 Å². The maximum Gasteiger partial charge on any atom is 0.343 e. The average molecular weight is 304 g/mol. The summed E-state index contributed by atoms with van der Waals surface area (Å²) in [6.45, 7) is 0. The number of carbonyl (C=O) groups excluding carboxylic acids is 2. The number of phenols is 1. The van der Waals surface area contributed by atoms with Crippen LogP contribution in [0.2, 0.25) is 0 Å². The highest BCUT2D eigenvalue weighted by Crippen LogP contribution is 2.24. The molecule has 6 heteroatoms. The van der Waals surface area contributed by atoms with Crippen molar-refractivity contribution in [3.63, 3.8) is 0 Å². The second-order valence-electron chi connectivity index (χ2n) is 4.44. The summed E-state index contributed by atoms with van der Waals surface area (Å²) in [5, 5.41) is 9.67. The Morgan fingerprint density at radius 1 is 1.14 bits per heavy atom. The van der Waals surface area contributed by atoms with Crippen molar-refractivity contribution in [1.82, 2.24) is 0 Å². The Kier molecular flexibility index (Phi) is 4.73. The van der Waals surface area contributed by atoms with Crippen LogP contribution in [0.3, 0.4) is 0 Å². The lowest BCUT2D eigenvalue weighted by Gasteiger charge is -2.08. The minimum atomic E-state index is -0.672. The third-order valence-electron chi connectivity index (χ3n) is 2.90. The van der Waals surface area contributed by atoms with E-state index in [0.717, 1.165) is 12.1 Å². The Labute approximate surface area is 125 Å². The van der Waals surface area contributed by atoms with Crippen LogP contribution in [0.1, 0.15) is 15.9 Å². The van der Waals surface area contributed by atoms with Crippen LogP contribution in [0.4, 0.5) is 4.39 Å². The molecule has 0 spiro atoms. The molecule has 0 atom stereocenters. The molecule has 0 aromatic heterocycles. The van der Waals surface area contributed by atoms with E-state index in [9.17, 15) is 19.1 Å².